The predicted octanol–water partition coefficient (Wildman–Crippen LogP) is 3.98. The first kappa shape index (κ1) is 20.9. The van der Waals surface area contributed by atoms with Crippen molar-refractivity contribution < 1.29 is 18.1 Å². The summed E-state index contributed by atoms with van der Waals surface area (Å²) in [6, 6.07) is 0. The molecule has 0 saturated heterocycles. The minimum Gasteiger partial charge on any atom is -0.748 e. The molecule has 0 aromatic heterocycles. The fraction of sp³-hybridized carbons (Fsp3) is 1.00. The number of rotatable bonds is 15. The van der Waals surface area contributed by atoms with Crippen LogP contribution in [0.1, 0.15) is 90.4 Å². The Morgan fingerprint density at radius 2 is 1.24 bits per heavy atom. The molecule has 0 aromatic carbocycles. The molecule has 0 radical (unpaired) electrons. The van der Waals surface area contributed by atoms with Gasteiger partial charge in [-0.3, -0.25) is 0 Å². The molecule has 0 fully saturated rings. The Kier molecular flexibility index (Phi) is 13.4. The first-order chi connectivity index (χ1) is 10.0. The van der Waals surface area contributed by atoms with Crippen molar-refractivity contribution in [2.75, 3.05) is 6.61 Å². The van der Waals surface area contributed by atoms with Gasteiger partial charge in [-0.1, -0.05) is 71.1 Å². The van der Waals surface area contributed by atoms with Crippen molar-refractivity contribution in [2.24, 2.45) is 0 Å². The van der Waals surface area contributed by atoms with Crippen LogP contribution in [0.3, 0.4) is 0 Å². The van der Waals surface area contributed by atoms with Crippen LogP contribution >= 0.6 is 0 Å². The molecule has 1 N–H and O–H groups in total. The smallest absolute Gasteiger partial charge is 0.0975 e. The highest BCUT2D eigenvalue weighted by molar-refractivity contribution is 7.86. The fourth-order valence-electron chi connectivity index (χ4n) is 2.60. The van der Waals surface area contributed by atoms with E-state index < -0.39 is 15.4 Å². The van der Waals surface area contributed by atoms with Gasteiger partial charge in [0.2, 0.25) is 0 Å². The summed E-state index contributed by atoms with van der Waals surface area (Å²) in [6.45, 7) is 2.38. The summed E-state index contributed by atoms with van der Waals surface area (Å²) in [4.78, 5) is 0. The SMILES string of the molecule is CCCCCCC(CCCCCCCCCO)S(=O)(=O)[O-]. The summed E-state index contributed by atoms with van der Waals surface area (Å²) in [5.74, 6) is 0. The van der Waals surface area contributed by atoms with Crippen LogP contribution in [-0.4, -0.2) is 29.9 Å². The average molecular weight is 322 g/mol. The van der Waals surface area contributed by atoms with Gasteiger partial charge in [0.1, 0.15) is 0 Å². The van der Waals surface area contributed by atoms with Gasteiger partial charge in [-0.15, -0.1) is 0 Å². The average Bonchev–Trinajstić information content (AvgIpc) is 2.42. The molecule has 0 heterocycles. The molecule has 0 aromatic rings. The molecule has 1 atom stereocenters. The first-order valence-corrected chi connectivity index (χ1v) is 10.0. The molecule has 0 amide bonds. The van der Waals surface area contributed by atoms with Crippen LogP contribution in [0.2, 0.25) is 0 Å². The van der Waals surface area contributed by atoms with Gasteiger partial charge >= 0.3 is 0 Å². The van der Waals surface area contributed by atoms with Gasteiger partial charge in [0.25, 0.3) is 0 Å². The maximum Gasteiger partial charge on any atom is 0.0975 e. The van der Waals surface area contributed by atoms with E-state index in [1.807, 2.05) is 0 Å². The Labute approximate surface area is 131 Å². The highest BCUT2D eigenvalue weighted by Crippen LogP contribution is 2.18. The molecule has 5 heteroatoms. The number of hydrogen-bond acceptors (Lipinski definition) is 4. The zero-order valence-electron chi connectivity index (χ0n) is 13.6. The normalized spacial score (nSPS) is 13.5. The van der Waals surface area contributed by atoms with Gasteiger partial charge in [-0.25, -0.2) is 8.42 Å². The Morgan fingerprint density at radius 1 is 0.810 bits per heavy atom. The lowest BCUT2D eigenvalue weighted by Gasteiger charge is -2.20. The molecule has 0 saturated carbocycles. The number of aliphatic hydroxyl groups excluding tert-OH is 1. The summed E-state index contributed by atoms with van der Waals surface area (Å²) in [6.07, 6.45) is 12.3. The maximum absolute atomic E-state index is 11.3. The summed E-state index contributed by atoms with van der Waals surface area (Å²) in [7, 11) is -4.13. The van der Waals surface area contributed by atoms with Crippen molar-refractivity contribution in [3.05, 3.63) is 0 Å². The van der Waals surface area contributed by atoms with E-state index in [9.17, 15) is 13.0 Å². The Morgan fingerprint density at radius 3 is 1.67 bits per heavy atom. The highest BCUT2D eigenvalue weighted by Gasteiger charge is 2.15. The predicted molar refractivity (Wildman–Crippen MR) is 86.3 cm³/mol. The van der Waals surface area contributed by atoms with Crippen LogP contribution in [0.15, 0.2) is 0 Å². The maximum atomic E-state index is 11.3. The third-order valence-electron chi connectivity index (χ3n) is 3.97. The molecule has 4 nitrogen and oxygen atoms in total. The summed E-state index contributed by atoms with van der Waals surface area (Å²) < 4.78 is 33.8. The minimum atomic E-state index is -4.13. The van der Waals surface area contributed by atoms with E-state index in [0.29, 0.717) is 12.8 Å². The minimum absolute atomic E-state index is 0.265. The van der Waals surface area contributed by atoms with Crippen molar-refractivity contribution in [3.8, 4) is 0 Å². The highest BCUT2D eigenvalue weighted by atomic mass is 32.2. The lowest BCUT2D eigenvalue weighted by molar-refractivity contribution is 0.282. The second kappa shape index (κ2) is 13.5. The standard InChI is InChI=1S/C16H34O4S/c1-2-3-4-10-13-16(21(18,19)20)14-11-8-6-5-7-9-12-15-17/h16-17H,2-15H2,1H3,(H,18,19,20)/p-1. The lowest BCUT2D eigenvalue weighted by atomic mass is 10.0. The summed E-state index contributed by atoms with van der Waals surface area (Å²) in [5.41, 5.74) is 0. The van der Waals surface area contributed by atoms with Crippen molar-refractivity contribution in [1.82, 2.24) is 0 Å². The second-order valence-electron chi connectivity index (χ2n) is 5.95. The van der Waals surface area contributed by atoms with Crippen LogP contribution in [-0.2, 0) is 10.1 Å². The van der Waals surface area contributed by atoms with Gasteiger partial charge in [0.15, 0.2) is 0 Å². The van der Waals surface area contributed by atoms with E-state index in [0.717, 1.165) is 70.6 Å². The van der Waals surface area contributed by atoms with Gasteiger partial charge in [0.05, 0.1) is 10.1 Å². The molecule has 1 unspecified atom stereocenters. The van der Waals surface area contributed by atoms with Crippen LogP contribution in [0.25, 0.3) is 0 Å². The molecule has 0 aliphatic heterocycles. The lowest BCUT2D eigenvalue weighted by Crippen LogP contribution is -2.20. The molecule has 21 heavy (non-hydrogen) atoms. The molecule has 0 aliphatic rings. The molecule has 128 valence electrons. The third kappa shape index (κ3) is 13.3. The van der Waals surface area contributed by atoms with Crippen LogP contribution in [0.5, 0.6) is 0 Å². The van der Waals surface area contributed by atoms with Crippen LogP contribution < -0.4 is 0 Å². The van der Waals surface area contributed by atoms with Crippen molar-refractivity contribution in [2.45, 2.75) is 95.6 Å². The van der Waals surface area contributed by atoms with E-state index in [1.54, 1.807) is 0 Å². The van der Waals surface area contributed by atoms with Crippen molar-refractivity contribution in [1.29, 1.82) is 0 Å². The van der Waals surface area contributed by atoms with E-state index >= 15 is 0 Å². The summed E-state index contributed by atoms with van der Waals surface area (Å²) >= 11 is 0. The zero-order chi connectivity index (χ0) is 16.0. The molecule has 0 aliphatic carbocycles. The topological polar surface area (TPSA) is 77.4 Å². The van der Waals surface area contributed by atoms with E-state index in [1.165, 1.54) is 0 Å². The van der Waals surface area contributed by atoms with Gasteiger partial charge in [-0.2, -0.15) is 0 Å². The van der Waals surface area contributed by atoms with Gasteiger partial charge in [0, 0.05) is 11.9 Å². The third-order valence-corrected chi connectivity index (χ3v) is 5.26. The van der Waals surface area contributed by atoms with Gasteiger partial charge < -0.3 is 9.66 Å². The fourth-order valence-corrected chi connectivity index (χ4v) is 3.51. The molecule has 0 bridgehead atoms. The second-order valence-corrected chi connectivity index (χ2v) is 7.60. The molecular weight excluding hydrogens is 288 g/mol. The molecule has 0 spiro atoms. The van der Waals surface area contributed by atoms with Crippen LogP contribution in [0, 0.1) is 0 Å². The van der Waals surface area contributed by atoms with Gasteiger partial charge in [-0.05, 0) is 19.3 Å². The first-order valence-electron chi connectivity index (χ1n) is 8.58. The van der Waals surface area contributed by atoms with Crippen molar-refractivity contribution >= 4 is 10.1 Å². The Hall–Kier alpha value is -0.130. The molecule has 0 rings (SSSR count). The Balaban J connectivity index is 3.72. The zero-order valence-corrected chi connectivity index (χ0v) is 14.4. The number of hydrogen-bond donors (Lipinski definition) is 1. The number of aliphatic hydroxyl groups is 1. The Bertz CT molecular complexity index is 314. The van der Waals surface area contributed by atoms with E-state index in [-0.39, 0.29) is 6.61 Å². The van der Waals surface area contributed by atoms with E-state index in [4.69, 9.17) is 5.11 Å². The quantitative estimate of drug-likeness (QED) is 0.365. The van der Waals surface area contributed by atoms with Crippen LogP contribution in [0.4, 0.5) is 0 Å². The monoisotopic (exact) mass is 321 g/mol. The largest absolute Gasteiger partial charge is 0.748 e. The van der Waals surface area contributed by atoms with E-state index in [2.05, 4.69) is 6.92 Å². The number of unbranched alkanes of at least 4 members (excludes halogenated alkanes) is 9. The molecular formula is C16H33O4S-. The summed E-state index contributed by atoms with van der Waals surface area (Å²) in [5, 5.41) is 7.99. The van der Waals surface area contributed by atoms with Crippen molar-refractivity contribution in [3.63, 3.8) is 0 Å².